The zero-order valence-electron chi connectivity index (χ0n) is 18.7. The largest absolute Gasteiger partial charge is 0.456 e. The number of aliphatic hydroxyl groups excluding tert-OH is 2. The molecule has 0 aromatic heterocycles. The van der Waals surface area contributed by atoms with Crippen LogP contribution in [-0.2, 0) is 25.7 Å². The molecule has 1 unspecified atom stereocenters. The number of rotatable bonds is 5. The minimum atomic E-state index is -1.27. The third kappa shape index (κ3) is 7.83. The molecule has 0 bridgehead atoms. The summed E-state index contributed by atoms with van der Waals surface area (Å²) in [6.07, 6.45) is -3.59. The summed E-state index contributed by atoms with van der Waals surface area (Å²) in [4.78, 5) is 37.8. The van der Waals surface area contributed by atoms with E-state index < -0.39 is 36.1 Å². The molecule has 0 radical (unpaired) electrons. The normalized spacial score (nSPS) is 24.2. The Kier molecular flexibility index (Phi) is 9.44. The lowest BCUT2D eigenvalue weighted by molar-refractivity contribution is -0.151. The van der Waals surface area contributed by atoms with Gasteiger partial charge in [0.05, 0.1) is 18.8 Å². The van der Waals surface area contributed by atoms with Crippen LogP contribution >= 0.6 is 11.6 Å². The maximum absolute atomic E-state index is 12.9. The quantitative estimate of drug-likeness (QED) is 0.478. The van der Waals surface area contributed by atoms with E-state index in [1.807, 2.05) is 6.07 Å². The van der Waals surface area contributed by atoms with Crippen molar-refractivity contribution in [1.29, 1.82) is 0 Å². The second kappa shape index (κ2) is 12.5. The Morgan fingerprint density at radius 2 is 1.76 bits per heavy atom. The van der Waals surface area contributed by atoms with Gasteiger partial charge < -0.3 is 25.6 Å². The number of carbonyl (C=O) groups excluding carboxylic acids is 3. The Balaban J connectivity index is 1.68. The van der Waals surface area contributed by atoms with Crippen molar-refractivity contribution >= 4 is 29.4 Å². The third-order valence-corrected chi connectivity index (χ3v) is 5.98. The van der Waals surface area contributed by atoms with Crippen LogP contribution in [0.3, 0.4) is 0 Å². The molecule has 2 aromatic carbocycles. The van der Waals surface area contributed by atoms with Crippen LogP contribution in [0.4, 0.5) is 0 Å². The summed E-state index contributed by atoms with van der Waals surface area (Å²) in [6, 6.07) is 16.0. The van der Waals surface area contributed by atoms with Crippen molar-refractivity contribution < 1.29 is 29.3 Å². The summed E-state index contributed by atoms with van der Waals surface area (Å²) < 4.78 is 5.52. The number of nitrogens with one attached hydrogen (secondary N) is 2. The monoisotopic (exact) mass is 488 g/mol. The van der Waals surface area contributed by atoms with Gasteiger partial charge >= 0.3 is 5.97 Å². The summed E-state index contributed by atoms with van der Waals surface area (Å²) >= 11 is 5.87. The van der Waals surface area contributed by atoms with Gasteiger partial charge in [-0.2, -0.15) is 0 Å². The molecule has 34 heavy (non-hydrogen) atoms. The highest BCUT2D eigenvalue weighted by atomic mass is 35.5. The van der Waals surface area contributed by atoms with Crippen LogP contribution in [0.15, 0.2) is 54.6 Å². The molecular formula is C25H29ClN2O6. The number of carbonyl (C=O) groups is 3. The van der Waals surface area contributed by atoms with Crippen molar-refractivity contribution in [2.24, 2.45) is 5.92 Å². The molecule has 0 spiro atoms. The number of hydrogen-bond donors (Lipinski definition) is 4. The van der Waals surface area contributed by atoms with Crippen LogP contribution in [0.2, 0.25) is 5.02 Å². The number of benzene rings is 2. The van der Waals surface area contributed by atoms with Gasteiger partial charge in [-0.3, -0.25) is 14.4 Å². The molecule has 4 N–H and O–H groups in total. The fourth-order valence-corrected chi connectivity index (χ4v) is 3.87. The Hall–Kier alpha value is -2.94. The highest BCUT2D eigenvalue weighted by Crippen LogP contribution is 2.22. The predicted octanol–water partition coefficient (Wildman–Crippen LogP) is 2.27. The Bertz CT molecular complexity index is 969. The first kappa shape index (κ1) is 25.7. The fraction of sp³-hybridized carbons (Fsp3) is 0.400. The Morgan fingerprint density at radius 1 is 1.06 bits per heavy atom. The summed E-state index contributed by atoms with van der Waals surface area (Å²) in [6.45, 7) is 0.289. The molecule has 1 aliphatic rings. The lowest BCUT2D eigenvalue weighted by atomic mass is 9.92. The lowest BCUT2D eigenvalue weighted by Crippen LogP contribution is -2.41. The van der Waals surface area contributed by atoms with E-state index in [1.54, 1.807) is 48.5 Å². The molecule has 1 fully saturated rings. The van der Waals surface area contributed by atoms with Crippen molar-refractivity contribution in [2.75, 3.05) is 6.54 Å². The van der Waals surface area contributed by atoms with E-state index in [0.29, 0.717) is 10.6 Å². The van der Waals surface area contributed by atoms with Crippen LogP contribution in [0, 0.1) is 5.92 Å². The van der Waals surface area contributed by atoms with Crippen molar-refractivity contribution in [3.63, 3.8) is 0 Å². The molecule has 9 heteroatoms. The van der Waals surface area contributed by atoms with Crippen LogP contribution in [0.1, 0.15) is 42.9 Å². The number of esters is 1. The van der Waals surface area contributed by atoms with Crippen molar-refractivity contribution in [3.05, 3.63) is 70.7 Å². The summed E-state index contributed by atoms with van der Waals surface area (Å²) in [5.41, 5.74) is 1.56. The van der Waals surface area contributed by atoms with Gasteiger partial charge in [-0.1, -0.05) is 54.1 Å². The molecule has 8 nitrogen and oxygen atoms in total. The van der Waals surface area contributed by atoms with Crippen LogP contribution in [-0.4, -0.2) is 46.7 Å². The molecule has 1 saturated heterocycles. The van der Waals surface area contributed by atoms with E-state index in [4.69, 9.17) is 16.3 Å². The molecule has 1 heterocycles. The maximum Gasteiger partial charge on any atom is 0.306 e. The number of halogens is 1. The zero-order valence-corrected chi connectivity index (χ0v) is 19.4. The predicted molar refractivity (Wildman–Crippen MR) is 126 cm³/mol. The third-order valence-electron chi connectivity index (χ3n) is 5.73. The topological polar surface area (TPSA) is 125 Å². The standard InChI is InChI=1S/C25H29ClN2O6/c26-19-8-6-16(7-9-19)14-27-23(31)13-18-12-21(30)20(29)10-11-24(32)34-22(15-28-25(18)33)17-4-2-1-3-5-17/h1-9,18,20-22,29-30H,10-15H2,(H,27,31)(H,28,33)/t18-,20-,21-,22?/m0/s1. The van der Waals surface area contributed by atoms with E-state index in [0.717, 1.165) is 5.56 Å². The van der Waals surface area contributed by atoms with Crippen molar-refractivity contribution in [3.8, 4) is 0 Å². The second-order valence-electron chi connectivity index (χ2n) is 8.35. The molecule has 4 atom stereocenters. The first-order chi connectivity index (χ1) is 16.3. The minimum Gasteiger partial charge on any atom is -0.456 e. The smallest absolute Gasteiger partial charge is 0.306 e. The van der Waals surface area contributed by atoms with Gasteiger partial charge in [-0.05, 0) is 36.1 Å². The average molecular weight is 489 g/mol. The van der Waals surface area contributed by atoms with Gasteiger partial charge in [0, 0.05) is 30.3 Å². The minimum absolute atomic E-state index is 0.0153. The van der Waals surface area contributed by atoms with Crippen LogP contribution < -0.4 is 10.6 Å². The summed E-state index contributed by atoms with van der Waals surface area (Å²) in [7, 11) is 0. The average Bonchev–Trinajstić information content (AvgIpc) is 2.84. The van der Waals surface area contributed by atoms with Gasteiger partial charge in [0.1, 0.15) is 6.10 Å². The highest BCUT2D eigenvalue weighted by Gasteiger charge is 2.30. The molecule has 0 aliphatic carbocycles. The van der Waals surface area contributed by atoms with Gasteiger partial charge in [0.25, 0.3) is 0 Å². The summed E-state index contributed by atoms with van der Waals surface area (Å²) in [5.74, 6) is -2.24. The zero-order chi connectivity index (χ0) is 24.5. The van der Waals surface area contributed by atoms with Gasteiger partial charge in [0.2, 0.25) is 11.8 Å². The number of hydrogen-bond acceptors (Lipinski definition) is 6. The molecule has 2 amide bonds. The molecule has 2 aromatic rings. The molecule has 182 valence electrons. The van der Waals surface area contributed by atoms with Gasteiger partial charge in [0.15, 0.2) is 0 Å². The van der Waals surface area contributed by atoms with E-state index in [9.17, 15) is 24.6 Å². The first-order valence-corrected chi connectivity index (χ1v) is 11.6. The SMILES string of the molecule is O=C(C[C@@H]1C[C@H](O)[C@@H](O)CCC(=O)OC(c2ccccc2)CNC1=O)NCc1ccc(Cl)cc1. The lowest BCUT2D eigenvalue weighted by Gasteiger charge is -2.26. The van der Waals surface area contributed by atoms with E-state index in [-0.39, 0.29) is 44.7 Å². The van der Waals surface area contributed by atoms with E-state index in [2.05, 4.69) is 10.6 Å². The van der Waals surface area contributed by atoms with Crippen LogP contribution in [0.5, 0.6) is 0 Å². The first-order valence-electron chi connectivity index (χ1n) is 11.2. The summed E-state index contributed by atoms with van der Waals surface area (Å²) in [5, 5.41) is 26.8. The van der Waals surface area contributed by atoms with E-state index >= 15 is 0 Å². The number of cyclic esters (lactones) is 1. The van der Waals surface area contributed by atoms with Gasteiger partial charge in [-0.15, -0.1) is 0 Å². The molecule has 0 saturated carbocycles. The maximum atomic E-state index is 12.9. The van der Waals surface area contributed by atoms with Crippen LogP contribution in [0.25, 0.3) is 0 Å². The molecule has 1 aliphatic heterocycles. The number of ether oxygens (including phenoxy) is 1. The second-order valence-corrected chi connectivity index (χ2v) is 8.78. The Labute approximate surface area is 203 Å². The fourth-order valence-electron chi connectivity index (χ4n) is 3.74. The molecule has 3 rings (SSSR count). The number of amides is 2. The highest BCUT2D eigenvalue weighted by molar-refractivity contribution is 6.30. The number of aliphatic hydroxyl groups is 2. The van der Waals surface area contributed by atoms with E-state index in [1.165, 1.54) is 0 Å². The van der Waals surface area contributed by atoms with Gasteiger partial charge in [-0.25, -0.2) is 0 Å². The van der Waals surface area contributed by atoms with Crippen molar-refractivity contribution in [1.82, 2.24) is 10.6 Å². The van der Waals surface area contributed by atoms with Crippen molar-refractivity contribution in [2.45, 2.75) is 50.5 Å². The molecular weight excluding hydrogens is 460 g/mol. The Morgan fingerprint density at radius 3 is 2.47 bits per heavy atom.